The summed E-state index contributed by atoms with van der Waals surface area (Å²) in [5.41, 5.74) is 5.42. The largest absolute Gasteiger partial charge is 0.421 e. The molecule has 3 rings (SSSR count). The monoisotopic (exact) mass is 382 g/mol. The fraction of sp³-hybridized carbons (Fsp3) is 0.400. The van der Waals surface area contributed by atoms with Gasteiger partial charge in [0.25, 0.3) is 0 Å². The third-order valence-corrected chi connectivity index (χ3v) is 4.78. The Labute approximate surface area is 164 Å². The SMILES string of the molecule is CCn1nc(C)c([C@H](C)NC(=O)Nc2cc(-c3nnc(C)o3)ccc2C)c1C. The molecule has 0 aliphatic carbocycles. The Morgan fingerprint density at radius 1 is 1.21 bits per heavy atom. The van der Waals surface area contributed by atoms with Crippen LogP contribution in [0.5, 0.6) is 0 Å². The van der Waals surface area contributed by atoms with Gasteiger partial charge in [-0.1, -0.05) is 6.07 Å². The lowest BCUT2D eigenvalue weighted by atomic mass is 10.1. The van der Waals surface area contributed by atoms with E-state index in [4.69, 9.17) is 4.42 Å². The zero-order valence-electron chi connectivity index (χ0n) is 17.1. The van der Waals surface area contributed by atoms with Gasteiger partial charge in [-0.3, -0.25) is 4.68 Å². The molecule has 0 saturated carbocycles. The van der Waals surface area contributed by atoms with Crippen LogP contribution in [0.1, 0.15) is 48.3 Å². The highest BCUT2D eigenvalue weighted by molar-refractivity contribution is 5.91. The summed E-state index contributed by atoms with van der Waals surface area (Å²) in [7, 11) is 0. The minimum atomic E-state index is -0.280. The van der Waals surface area contributed by atoms with E-state index in [0.717, 1.165) is 34.6 Å². The van der Waals surface area contributed by atoms with Gasteiger partial charge in [-0.25, -0.2) is 4.79 Å². The van der Waals surface area contributed by atoms with Crippen molar-refractivity contribution in [2.45, 2.75) is 54.1 Å². The first-order chi connectivity index (χ1) is 13.3. The van der Waals surface area contributed by atoms with Crippen molar-refractivity contribution in [3.05, 3.63) is 46.6 Å². The summed E-state index contributed by atoms with van der Waals surface area (Å²) >= 11 is 0. The molecule has 0 aliphatic heterocycles. The molecule has 0 saturated heterocycles. The van der Waals surface area contributed by atoms with Gasteiger partial charge in [0, 0.05) is 36.0 Å². The molecule has 1 atom stereocenters. The second-order valence-corrected chi connectivity index (χ2v) is 6.88. The molecule has 2 amide bonds. The first-order valence-corrected chi connectivity index (χ1v) is 9.32. The normalized spacial score (nSPS) is 12.1. The maximum atomic E-state index is 12.6. The quantitative estimate of drug-likeness (QED) is 0.693. The fourth-order valence-corrected chi connectivity index (χ4v) is 3.38. The van der Waals surface area contributed by atoms with Crippen molar-refractivity contribution in [3.8, 4) is 11.5 Å². The summed E-state index contributed by atoms with van der Waals surface area (Å²) in [4.78, 5) is 12.6. The second kappa shape index (κ2) is 7.84. The van der Waals surface area contributed by atoms with E-state index in [2.05, 4.69) is 32.9 Å². The van der Waals surface area contributed by atoms with E-state index in [0.29, 0.717) is 17.5 Å². The number of aromatic nitrogens is 4. The minimum Gasteiger partial charge on any atom is -0.421 e. The molecule has 0 spiro atoms. The first-order valence-electron chi connectivity index (χ1n) is 9.32. The third-order valence-electron chi connectivity index (χ3n) is 4.78. The van der Waals surface area contributed by atoms with Crippen molar-refractivity contribution in [2.75, 3.05) is 5.32 Å². The number of amides is 2. The van der Waals surface area contributed by atoms with Crippen LogP contribution in [0.4, 0.5) is 10.5 Å². The average Bonchev–Trinajstić information content (AvgIpc) is 3.19. The standard InChI is InChI=1S/C20H26N6O2/c1-7-26-14(5)18(13(4)25-26)12(3)21-20(27)22-17-10-16(9-8-11(17)2)19-24-23-15(6)28-19/h8-10,12H,7H2,1-6H3,(H2,21,22,27)/t12-/m0/s1. The molecule has 1 aromatic carbocycles. The maximum absolute atomic E-state index is 12.6. The molecule has 148 valence electrons. The molecule has 28 heavy (non-hydrogen) atoms. The van der Waals surface area contributed by atoms with Crippen LogP contribution in [0.15, 0.2) is 22.6 Å². The molecule has 0 bridgehead atoms. The number of urea groups is 1. The predicted molar refractivity (Wildman–Crippen MR) is 107 cm³/mol. The Morgan fingerprint density at radius 2 is 1.96 bits per heavy atom. The smallest absolute Gasteiger partial charge is 0.319 e. The number of rotatable bonds is 5. The van der Waals surface area contributed by atoms with Crippen LogP contribution in [-0.4, -0.2) is 26.0 Å². The number of hydrogen-bond acceptors (Lipinski definition) is 5. The lowest BCUT2D eigenvalue weighted by Gasteiger charge is -2.17. The summed E-state index contributed by atoms with van der Waals surface area (Å²) < 4.78 is 7.42. The van der Waals surface area contributed by atoms with Gasteiger partial charge in [0.15, 0.2) is 0 Å². The second-order valence-electron chi connectivity index (χ2n) is 6.88. The third kappa shape index (κ3) is 3.90. The Balaban J connectivity index is 1.75. The van der Waals surface area contributed by atoms with Crippen LogP contribution in [-0.2, 0) is 6.54 Å². The van der Waals surface area contributed by atoms with E-state index >= 15 is 0 Å². The summed E-state index contributed by atoms with van der Waals surface area (Å²) in [6.07, 6.45) is 0. The molecule has 0 radical (unpaired) electrons. The molecule has 2 aromatic heterocycles. The van der Waals surface area contributed by atoms with E-state index in [1.165, 1.54) is 0 Å². The molecular formula is C20H26N6O2. The summed E-state index contributed by atoms with van der Waals surface area (Å²) in [6, 6.07) is 5.19. The van der Waals surface area contributed by atoms with Crippen molar-refractivity contribution in [1.82, 2.24) is 25.3 Å². The first kappa shape index (κ1) is 19.6. The van der Waals surface area contributed by atoms with Gasteiger partial charge in [-0.15, -0.1) is 10.2 Å². The van der Waals surface area contributed by atoms with Crippen molar-refractivity contribution in [2.24, 2.45) is 0 Å². The van der Waals surface area contributed by atoms with E-state index in [-0.39, 0.29) is 12.1 Å². The van der Waals surface area contributed by atoms with Crippen LogP contribution < -0.4 is 10.6 Å². The van der Waals surface area contributed by atoms with Crippen molar-refractivity contribution in [1.29, 1.82) is 0 Å². The van der Waals surface area contributed by atoms with Gasteiger partial charge in [-0.05, 0) is 52.3 Å². The van der Waals surface area contributed by atoms with Gasteiger partial charge in [0.2, 0.25) is 11.8 Å². The fourth-order valence-electron chi connectivity index (χ4n) is 3.38. The van der Waals surface area contributed by atoms with Crippen LogP contribution in [0.3, 0.4) is 0 Å². The molecule has 2 heterocycles. The molecule has 0 fully saturated rings. The van der Waals surface area contributed by atoms with Crippen LogP contribution in [0, 0.1) is 27.7 Å². The van der Waals surface area contributed by atoms with Crippen LogP contribution in [0.25, 0.3) is 11.5 Å². The molecule has 2 N–H and O–H groups in total. The highest BCUT2D eigenvalue weighted by Gasteiger charge is 2.19. The number of hydrogen-bond donors (Lipinski definition) is 2. The van der Waals surface area contributed by atoms with E-state index in [1.807, 2.05) is 50.6 Å². The molecule has 0 aliphatic rings. The van der Waals surface area contributed by atoms with Gasteiger partial charge >= 0.3 is 6.03 Å². The average molecular weight is 382 g/mol. The number of carbonyl (C=O) groups excluding carboxylic acids is 1. The lowest BCUT2D eigenvalue weighted by molar-refractivity contribution is 0.249. The van der Waals surface area contributed by atoms with E-state index in [9.17, 15) is 4.79 Å². The lowest BCUT2D eigenvalue weighted by Crippen LogP contribution is -2.32. The number of benzene rings is 1. The van der Waals surface area contributed by atoms with Gasteiger partial charge in [0.05, 0.1) is 11.7 Å². The zero-order valence-corrected chi connectivity index (χ0v) is 17.1. The Morgan fingerprint density at radius 3 is 2.57 bits per heavy atom. The molecule has 8 nitrogen and oxygen atoms in total. The summed E-state index contributed by atoms with van der Waals surface area (Å²) in [5, 5.41) is 18.3. The van der Waals surface area contributed by atoms with Gasteiger partial charge in [-0.2, -0.15) is 5.10 Å². The van der Waals surface area contributed by atoms with Crippen molar-refractivity contribution < 1.29 is 9.21 Å². The number of carbonyl (C=O) groups is 1. The Kier molecular flexibility index (Phi) is 5.48. The maximum Gasteiger partial charge on any atom is 0.319 e. The topological polar surface area (TPSA) is 97.9 Å². The van der Waals surface area contributed by atoms with Crippen LogP contribution in [0.2, 0.25) is 0 Å². The molecule has 0 unspecified atom stereocenters. The highest BCUT2D eigenvalue weighted by Crippen LogP contribution is 2.25. The molecule has 8 heteroatoms. The molecular weight excluding hydrogens is 356 g/mol. The number of nitrogens with one attached hydrogen (secondary N) is 2. The van der Waals surface area contributed by atoms with E-state index in [1.54, 1.807) is 6.92 Å². The predicted octanol–water partition coefficient (Wildman–Crippen LogP) is 4.07. The number of nitrogens with zero attached hydrogens (tertiary/aromatic N) is 4. The van der Waals surface area contributed by atoms with Gasteiger partial charge in [0.1, 0.15) is 0 Å². The van der Waals surface area contributed by atoms with Crippen molar-refractivity contribution in [3.63, 3.8) is 0 Å². The van der Waals surface area contributed by atoms with Gasteiger partial charge < -0.3 is 15.1 Å². The zero-order chi connectivity index (χ0) is 20.4. The minimum absolute atomic E-state index is 0.164. The Bertz CT molecular complexity index is 1000. The van der Waals surface area contributed by atoms with Crippen molar-refractivity contribution >= 4 is 11.7 Å². The van der Waals surface area contributed by atoms with Crippen LogP contribution >= 0.6 is 0 Å². The van der Waals surface area contributed by atoms with E-state index < -0.39 is 0 Å². The summed E-state index contributed by atoms with van der Waals surface area (Å²) in [5.74, 6) is 0.919. The molecule has 3 aromatic rings. The highest BCUT2D eigenvalue weighted by atomic mass is 16.4. The number of aryl methyl sites for hydroxylation is 4. The number of anilines is 1. The summed E-state index contributed by atoms with van der Waals surface area (Å²) in [6.45, 7) is 12.5. The Hall–Kier alpha value is -3.16.